The van der Waals surface area contributed by atoms with E-state index in [2.05, 4.69) is 10.6 Å². The highest BCUT2D eigenvalue weighted by molar-refractivity contribution is 5.94. The van der Waals surface area contributed by atoms with Crippen LogP contribution < -0.4 is 16.4 Å². The molecule has 2 unspecified atom stereocenters. The topological polar surface area (TPSA) is 84.2 Å². The van der Waals surface area contributed by atoms with Crippen LogP contribution in [-0.2, 0) is 16.0 Å². The predicted molar refractivity (Wildman–Crippen MR) is 102 cm³/mol. The van der Waals surface area contributed by atoms with Crippen molar-refractivity contribution in [1.82, 2.24) is 5.32 Å². The minimum Gasteiger partial charge on any atom is -0.348 e. The van der Waals surface area contributed by atoms with Crippen molar-refractivity contribution in [3.63, 3.8) is 0 Å². The van der Waals surface area contributed by atoms with Gasteiger partial charge in [0.1, 0.15) is 0 Å². The van der Waals surface area contributed by atoms with E-state index in [9.17, 15) is 9.59 Å². The molecule has 136 valence electrons. The van der Waals surface area contributed by atoms with Gasteiger partial charge in [0.05, 0.1) is 12.1 Å². The highest BCUT2D eigenvalue weighted by atomic mass is 16.2. The monoisotopic (exact) mass is 351 g/mol. The summed E-state index contributed by atoms with van der Waals surface area (Å²) >= 11 is 0. The Kier molecular flexibility index (Phi) is 5.68. The van der Waals surface area contributed by atoms with E-state index in [4.69, 9.17) is 5.73 Å². The molecule has 0 saturated heterocycles. The summed E-state index contributed by atoms with van der Waals surface area (Å²) in [6, 6.07) is 16.5. The van der Waals surface area contributed by atoms with Gasteiger partial charge in [0.25, 0.3) is 0 Å². The fraction of sp³-hybridized carbons (Fsp3) is 0.333. The number of carbonyl (C=O) groups is 2. The summed E-state index contributed by atoms with van der Waals surface area (Å²) in [6.45, 7) is 1.92. The minimum atomic E-state index is -0.586. The Morgan fingerprint density at radius 3 is 2.35 bits per heavy atom. The number of amides is 2. The molecule has 1 aliphatic rings. The molecule has 0 aromatic heterocycles. The summed E-state index contributed by atoms with van der Waals surface area (Å²) in [5.41, 5.74) is 8.82. The van der Waals surface area contributed by atoms with Crippen molar-refractivity contribution in [2.75, 3.05) is 5.32 Å². The number of hydrogen-bond acceptors (Lipinski definition) is 3. The van der Waals surface area contributed by atoms with Crippen LogP contribution in [0.4, 0.5) is 5.69 Å². The van der Waals surface area contributed by atoms with Crippen LogP contribution in [0.5, 0.6) is 0 Å². The summed E-state index contributed by atoms with van der Waals surface area (Å²) in [6.07, 6.45) is 2.47. The van der Waals surface area contributed by atoms with Crippen LogP contribution in [0.2, 0.25) is 0 Å². The lowest BCUT2D eigenvalue weighted by Crippen LogP contribution is -2.42. The zero-order chi connectivity index (χ0) is 18.5. The van der Waals surface area contributed by atoms with Gasteiger partial charge in [0.2, 0.25) is 11.8 Å². The average Bonchev–Trinajstić information content (AvgIpc) is 3.48. The number of nitrogens with two attached hydrogens (primary N) is 1. The number of carbonyl (C=O) groups excluding carboxylic acids is 2. The summed E-state index contributed by atoms with van der Waals surface area (Å²) in [7, 11) is 0. The maximum absolute atomic E-state index is 12.3. The Hall–Kier alpha value is -2.66. The molecular formula is C21H25N3O2. The number of anilines is 1. The van der Waals surface area contributed by atoms with Crippen LogP contribution in [-0.4, -0.2) is 17.9 Å². The maximum Gasteiger partial charge on any atom is 0.237 e. The van der Waals surface area contributed by atoms with Gasteiger partial charge in [-0.2, -0.15) is 0 Å². The second kappa shape index (κ2) is 8.15. The summed E-state index contributed by atoms with van der Waals surface area (Å²) < 4.78 is 0. The minimum absolute atomic E-state index is 0.0889. The van der Waals surface area contributed by atoms with E-state index in [1.54, 1.807) is 0 Å². The van der Waals surface area contributed by atoms with Crippen molar-refractivity contribution < 1.29 is 9.59 Å². The van der Waals surface area contributed by atoms with Gasteiger partial charge in [0.15, 0.2) is 0 Å². The van der Waals surface area contributed by atoms with Crippen molar-refractivity contribution in [2.24, 2.45) is 11.7 Å². The summed E-state index contributed by atoms with van der Waals surface area (Å²) in [5.74, 6) is 0.0949. The van der Waals surface area contributed by atoms with Crippen molar-refractivity contribution >= 4 is 17.5 Å². The van der Waals surface area contributed by atoms with E-state index in [1.807, 2.05) is 61.5 Å². The molecule has 26 heavy (non-hydrogen) atoms. The van der Waals surface area contributed by atoms with E-state index in [-0.39, 0.29) is 23.8 Å². The Balaban J connectivity index is 1.52. The third kappa shape index (κ3) is 4.92. The van der Waals surface area contributed by atoms with Crippen molar-refractivity contribution in [1.29, 1.82) is 0 Å². The van der Waals surface area contributed by atoms with Gasteiger partial charge in [-0.05, 0) is 49.4 Å². The van der Waals surface area contributed by atoms with E-state index < -0.39 is 6.04 Å². The molecule has 0 radical (unpaired) electrons. The number of hydrogen-bond donors (Lipinski definition) is 3. The largest absolute Gasteiger partial charge is 0.348 e. The highest BCUT2D eigenvalue weighted by Gasteiger charge is 2.29. The van der Waals surface area contributed by atoms with Gasteiger partial charge < -0.3 is 16.4 Å². The normalized spacial score (nSPS) is 15.8. The second-order valence-electron chi connectivity index (χ2n) is 6.91. The van der Waals surface area contributed by atoms with Gasteiger partial charge in [-0.3, -0.25) is 9.59 Å². The molecule has 2 atom stereocenters. The smallest absolute Gasteiger partial charge is 0.237 e. The van der Waals surface area contributed by atoms with Gasteiger partial charge in [0, 0.05) is 11.6 Å². The highest BCUT2D eigenvalue weighted by Crippen LogP contribution is 2.30. The Bertz CT molecular complexity index is 755. The molecule has 1 aliphatic carbocycles. The lowest BCUT2D eigenvalue weighted by molar-refractivity contribution is -0.123. The molecule has 0 bridgehead atoms. The Morgan fingerprint density at radius 2 is 1.73 bits per heavy atom. The van der Waals surface area contributed by atoms with Crippen molar-refractivity contribution in [3.8, 4) is 0 Å². The molecule has 3 rings (SSSR count). The van der Waals surface area contributed by atoms with Gasteiger partial charge >= 0.3 is 0 Å². The lowest BCUT2D eigenvalue weighted by Gasteiger charge is -2.18. The first kappa shape index (κ1) is 18.1. The van der Waals surface area contributed by atoms with Crippen molar-refractivity contribution in [3.05, 3.63) is 65.7 Å². The third-order valence-electron chi connectivity index (χ3n) is 4.62. The molecule has 1 saturated carbocycles. The first-order valence-electron chi connectivity index (χ1n) is 9.03. The standard InChI is InChI=1S/C21H25N3O2/c1-14(23-21(26)19(22)13-15-5-3-2-4-6-15)16-9-11-18(12-10-16)24-20(25)17-7-8-17/h2-6,9-12,14,17,19H,7-8,13,22H2,1H3,(H,23,26)(H,24,25). The van der Waals surface area contributed by atoms with Crippen LogP contribution in [0, 0.1) is 5.92 Å². The molecule has 5 nitrogen and oxygen atoms in total. The van der Waals surface area contributed by atoms with Gasteiger partial charge in [-0.15, -0.1) is 0 Å². The van der Waals surface area contributed by atoms with Crippen LogP contribution >= 0.6 is 0 Å². The maximum atomic E-state index is 12.3. The molecule has 5 heteroatoms. The first-order chi connectivity index (χ1) is 12.5. The number of benzene rings is 2. The number of rotatable bonds is 7. The first-order valence-corrected chi connectivity index (χ1v) is 9.03. The van der Waals surface area contributed by atoms with Crippen LogP contribution in [0.1, 0.15) is 36.9 Å². The summed E-state index contributed by atoms with van der Waals surface area (Å²) in [5, 5.41) is 5.86. The molecule has 2 aromatic rings. The molecule has 1 fully saturated rings. The van der Waals surface area contributed by atoms with Crippen molar-refractivity contribution in [2.45, 2.75) is 38.3 Å². The second-order valence-corrected chi connectivity index (χ2v) is 6.91. The number of nitrogens with one attached hydrogen (secondary N) is 2. The Labute approximate surface area is 154 Å². The molecule has 2 aromatic carbocycles. The van der Waals surface area contributed by atoms with Crippen LogP contribution in [0.15, 0.2) is 54.6 Å². The van der Waals surface area contributed by atoms with Crippen LogP contribution in [0.25, 0.3) is 0 Å². The Morgan fingerprint density at radius 1 is 1.08 bits per heavy atom. The fourth-order valence-electron chi connectivity index (χ4n) is 2.81. The molecule has 0 spiro atoms. The van der Waals surface area contributed by atoms with E-state index in [1.165, 1.54) is 0 Å². The van der Waals surface area contributed by atoms with Gasteiger partial charge in [-0.1, -0.05) is 42.5 Å². The molecule has 0 aliphatic heterocycles. The van der Waals surface area contributed by atoms with Gasteiger partial charge in [-0.25, -0.2) is 0 Å². The molecular weight excluding hydrogens is 326 g/mol. The quantitative estimate of drug-likeness (QED) is 0.717. The zero-order valence-corrected chi connectivity index (χ0v) is 14.9. The van der Waals surface area contributed by atoms with E-state index >= 15 is 0 Å². The summed E-state index contributed by atoms with van der Waals surface area (Å²) in [4.78, 5) is 24.1. The third-order valence-corrected chi connectivity index (χ3v) is 4.62. The lowest BCUT2D eigenvalue weighted by atomic mass is 10.0. The predicted octanol–water partition coefficient (Wildman–Crippen LogP) is 2.78. The average molecular weight is 351 g/mol. The zero-order valence-electron chi connectivity index (χ0n) is 14.9. The molecule has 0 heterocycles. The molecule has 4 N–H and O–H groups in total. The van der Waals surface area contributed by atoms with E-state index in [0.717, 1.165) is 29.7 Å². The van der Waals surface area contributed by atoms with Crippen LogP contribution in [0.3, 0.4) is 0 Å². The van der Waals surface area contributed by atoms with E-state index in [0.29, 0.717) is 6.42 Å². The molecule has 2 amide bonds. The fourth-order valence-corrected chi connectivity index (χ4v) is 2.81. The SMILES string of the molecule is CC(NC(=O)C(N)Cc1ccccc1)c1ccc(NC(=O)C2CC2)cc1.